The first-order valence-corrected chi connectivity index (χ1v) is 6.22. The zero-order chi connectivity index (χ0) is 13.1. The number of carbonyl (C=O) groups is 1. The van der Waals surface area contributed by atoms with Gasteiger partial charge in [0.25, 0.3) is 5.56 Å². The number of hydrogen-bond donors (Lipinski definition) is 1. The summed E-state index contributed by atoms with van der Waals surface area (Å²) in [5, 5.41) is 8.89. The smallest absolute Gasteiger partial charge is 0.341 e. The van der Waals surface area contributed by atoms with Gasteiger partial charge in [0.1, 0.15) is 5.56 Å². The minimum Gasteiger partial charge on any atom is -0.477 e. The van der Waals surface area contributed by atoms with Crippen molar-refractivity contribution >= 4 is 5.97 Å². The maximum Gasteiger partial charge on any atom is 0.341 e. The first-order chi connectivity index (χ1) is 8.59. The number of aromatic carboxylic acids is 1. The Kier molecular flexibility index (Phi) is 3.81. The number of likely N-dealkylation sites (tertiary alicyclic amines) is 1. The van der Waals surface area contributed by atoms with Gasteiger partial charge in [-0.15, -0.1) is 0 Å². The fourth-order valence-electron chi connectivity index (χ4n) is 2.51. The Labute approximate surface area is 106 Å². The van der Waals surface area contributed by atoms with E-state index in [0.29, 0.717) is 12.6 Å². The van der Waals surface area contributed by atoms with E-state index >= 15 is 0 Å². The topological polar surface area (TPSA) is 62.5 Å². The monoisotopic (exact) mass is 250 g/mol. The molecule has 0 amide bonds. The lowest BCUT2D eigenvalue weighted by atomic mass is 10.1. The van der Waals surface area contributed by atoms with Gasteiger partial charge in [-0.05, 0) is 45.0 Å². The predicted octanol–water partition coefficient (Wildman–Crippen LogP) is 1.03. The minimum absolute atomic E-state index is 0.155. The van der Waals surface area contributed by atoms with Gasteiger partial charge in [0, 0.05) is 18.8 Å². The summed E-state index contributed by atoms with van der Waals surface area (Å²) >= 11 is 0. The van der Waals surface area contributed by atoms with Crippen LogP contribution >= 0.6 is 0 Å². The molecule has 0 saturated carbocycles. The second-order valence-electron chi connectivity index (χ2n) is 4.79. The van der Waals surface area contributed by atoms with Gasteiger partial charge < -0.3 is 14.6 Å². The van der Waals surface area contributed by atoms with Crippen LogP contribution in [-0.2, 0) is 6.54 Å². The average Bonchev–Trinajstić information content (AvgIpc) is 2.73. The molecular weight excluding hydrogens is 232 g/mol. The Morgan fingerprint density at radius 2 is 2.33 bits per heavy atom. The first kappa shape index (κ1) is 12.8. The zero-order valence-electron chi connectivity index (χ0n) is 10.5. The molecule has 5 heteroatoms. The van der Waals surface area contributed by atoms with Crippen LogP contribution in [-0.4, -0.2) is 40.2 Å². The molecule has 0 aromatic carbocycles. The summed E-state index contributed by atoms with van der Waals surface area (Å²) in [5.41, 5.74) is -0.567. The highest BCUT2D eigenvalue weighted by molar-refractivity contribution is 5.86. The highest BCUT2D eigenvalue weighted by atomic mass is 16.4. The molecule has 1 saturated heterocycles. The molecule has 2 heterocycles. The van der Waals surface area contributed by atoms with Gasteiger partial charge in [0.2, 0.25) is 0 Å². The Bertz CT molecular complexity index is 495. The van der Waals surface area contributed by atoms with Crippen molar-refractivity contribution in [2.75, 3.05) is 13.6 Å². The number of nitrogens with zero attached hydrogens (tertiary/aromatic N) is 2. The lowest BCUT2D eigenvalue weighted by molar-refractivity contribution is 0.0694. The van der Waals surface area contributed by atoms with Crippen LogP contribution in [0.25, 0.3) is 0 Å². The number of carboxylic acids is 1. The van der Waals surface area contributed by atoms with Crippen LogP contribution in [0.5, 0.6) is 0 Å². The molecule has 0 spiro atoms. The van der Waals surface area contributed by atoms with E-state index in [1.807, 2.05) is 0 Å². The third-order valence-electron chi connectivity index (χ3n) is 3.63. The minimum atomic E-state index is -1.16. The normalized spacial score (nSPS) is 20.2. The third-order valence-corrected chi connectivity index (χ3v) is 3.63. The van der Waals surface area contributed by atoms with Crippen molar-refractivity contribution in [3.8, 4) is 0 Å². The Hall–Kier alpha value is -1.62. The fourth-order valence-corrected chi connectivity index (χ4v) is 2.51. The summed E-state index contributed by atoms with van der Waals surface area (Å²) in [5.74, 6) is -1.16. The van der Waals surface area contributed by atoms with E-state index in [9.17, 15) is 9.59 Å². The molecule has 1 aliphatic heterocycles. The molecule has 5 nitrogen and oxygen atoms in total. The molecule has 0 aliphatic carbocycles. The lowest BCUT2D eigenvalue weighted by Crippen LogP contribution is -2.30. The largest absolute Gasteiger partial charge is 0.477 e. The maximum absolute atomic E-state index is 11.9. The van der Waals surface area contributed by atoms with E-state index in [-0.39, 0.29) is 5.56 Å². The molecule has 1 aromatic heterocycles. The van der Waals surface area contributed by atoms with Crippen molar-refractivity contribution in [2.45, 2.75) is 31.8 Å². The summed E-state index contributed by atoms with van der Waals surface area (Å²) < 4.78 is 1.50. The van der Waals surface area contributed by atoms with Gasteiger partial charge in [-0.2, -0.15) is 0 Å². The average molecular weight is 250 g/mol. The van der Waals surface area contributed by atoms with Crippen molar-refractivity contribution in [1.82, 2.24) is 9.47 Å². The number of rotatable bonds is 4. The summed E-state index contributed by atoms with van der Waals surface area (Å²) in [7, 11) is 2.09. The molecule has 18 heavy (non-hydrogen) atoms. The van der Waals surface area contributed by atoms with Crippen molar-refractivity contribution in [1.29, 1.82) is 0 Å². The molecule has 2 rings (SSSR count). The highest BCUT2D eigenvalue weighted by Gasteiger charge is 2.20. The molecule has 0 radical (unpaired) electrons. The fraction of sp³-hybridized carbons (Fsp3) is 0.538. The summed E-state index contributed by atoms with van der Waals surface area (Å²) in [6.07, 6.45) is 4.90. The summed E-state index contributed by atoms with van der Waals surface area (Å²) in [6, 6.07) is 3.47. The van der Waals surface area contributed by atoms with Gasteiger partial charge in [-0.3, -0.25) is 4.79 Å². The van der Waals surface area contributed by atoms with Crippen LogP contribution in [0.15, 0.2) is 23.1 Å². The Morgan fingerprint density at radius 1 is 1.56 bits per heavy atom. The van der Waals surface area contributed by atoms with Crippen LogP contribution < -0.4 is 5.56 Å². The van der Waals surface area contributed by atoms with E-state index in [2.05, 4.69) is 11.9 Å². The SMILES string of the molecule is CN1CCCC1CCn1cccc(C(=O)O)c1=O. The number of aryl methyl sites for hydroxylation is 1. The standard InChI is InChI=1S/C13H18N2O3/c1-14-7-2-4-10(14)6-9-15-8-3-5-11(12(15)16)13(17)18/h3,5,8,10H,2,4,6-7,9H2,1H3,(H,17,18). The molecule has 98 valence electrons. The van der Waals surface area contributed by atoms with Crippen LogP contribution in [0.2, 0.25) is 0 Å². The van der Waals surface area contributed by atoms with Gasteiger partial charge in [0.05, 0.1) is 0 Å². The molecule has 1 N–H and O–H groups in total. The summed E-state index contributed by atoms with van der Waals surface area (Å²) in [4.78, 5) is 25.0. The first-order valence-electron chi connectivity index (χ1n) is 6.22. The molecule has 1 fully saturated rings. The van der Waals surface area contributed by atoms with Gasteiger partial charge in [-0.1, -0.05) is 0 Å². The van der Waals surface area contributed by atoms with Gasteiger partial charge in [0.15, 0.2) is 0 Å². The predicted molar refractivity (Wildman–Crippen MR) is 67.9 cm³/mol. The molecule has 1 unspecified atom stereocenters. The summed E-state index contributed by atoms with van der Waals surface area (Å²) in [6.45, 7) is 1.68. The van der Waals surface area contributed by atoms with E-state index in [1.54, 1.807) is 12.3 Å². The Morgan fingerprint density at radius 3 is 2.94 bits per heavy atom. The molecule has 1 aromatic rings. The van der Waals surface area contributed by atoms with E-state index in [1.165, 1.54) is 17.1 Å². The number of carboxylic acid groups (broad SMARTS) is 1. The van der Waals surface area contributed by atoms with Crippen molar-refractivity contribution in [3.63, 3.8) is 0 Å². The second-order valence-corrected chi connectivity index (χ2v) is 4.79. The quantitative estimate of drug-likeness (QED) is 0.867. The number of hydrogen-bond acceptors (Lipinski definition) is 3. The van der Waals surface area contributed by atoms with Crippen molar-refractivity contribution in [2.24, 2.45) is 0 Å². The van der Waals surface area contributed by atoms with Crippen LogP contribution in [0.1, 0.15) is 29.6 Å². The van der Waals surface area contributed by atoms with Gasteiger partial charge in [-0.25, -0.2) is 4.79 Å². The highest BCUT2D eigenvalue weighted by Crippen LogP contribution is 2.17. The maximum atomic E-state index is 11.9. The zero-order valence-corrected chi connectivity index (χ0v) is 10.5. The van der Waals surface area contributed by atoms with Crippen LogP contribution in [0.4, 0.5) is 0 Å². The molecule has 1 aliphatic rings. The van der Waals surface area contributed by atoms with E-state index < -0.39 is 11.5 Å². The van der Waals surface area contributed by atoms with Crippen molar-refractivity contribution < 1.29 is 9.90 Å². The number of aromatic nitrogens is 1. The van der Waals surface area contributed by atoms with Crippen LogP contribution in [0.3, 0.4) is 0 Å². The number of pyridine rings is 1. The van der Waals surface area contributed by atoms with Crippen molar-refractivity contribution in [3.05, 3.63) is 34.2 Å². The second kappa shape index (κ2) is 5.35. The van der Waals surface area contributed by atoms with E-state index in [0.717, 1.165) is 19.4 Å². The third kappa shape index (κ3) is 2.61. The molecule has 0 bridgehead atoms. The van der Waals surface area contributed by atoms with Gasteiger partial charge >= 0.3 is 5.97 Å². The molecular formula is C13H18N2O3. The lowest BCUT2D eigenvalue weighted by Gasteiger charge is -2.19. The van der Waals surface area contributed by atoms with Crippen LogP contribution in [0, 0.1) is 0 Å². The Balaban J connectivity index is 2.08. The molecule has 1 atom stereocenters. The van der Waals surface area contributed by atoms with E-state index in [4.69, 9.17) is 5.11 Å².